The van der Waals surface area contributed by atoms with Crippen molar-refractivity contribution in [1.82, 2.24) is 0 Å². The van der Waals surface area contributed by atoms with Crippen LogP contribution in [0.5, 0.6) is 0 Å². The van der Waals surface area contributed by atoms with Crippen LogP contribution in [0.15, 0.2) is 158 Å². The number of allylic oxidation sites excluding steroid dienone is 26. The van der Waals surface area contributed by atoms with E-state index in [1.807, 2.05) is 21.1 Å². The van der Waals surface area contributed by atoms with E-state index in [4.69, 9.17) is 18.5 Å². The summed E-state index contributed by atoms with van der Waals surface area (Å²) in [7, 11) is 1.42. The van der Waals surface area contributed by atoms with Gasteiger partial charge in [0.2, 0.25) is 0 Å². The van der Waals surface area contributed by atoms with Crippen LogP contribution in [0, 0.1) is 0 Å². The highest BCUT2D eigenvalue weighted by Gasteiger charge is 2.27. The van der Waals surface area contributed by atoms with Crippen molar-refractivity contribution in [3.8, 4) is 0 Å². The summed E-state index contributed by atoms with van der Waals surface area (Å²) in [4.78, 5) is 35.6. The maximum absolute atomic E-state index is 12.8. The van der Waals surface area contributed by atoms with Gasteiger partial charge in [-0.15, -0.1) is 0 Å². The fourth-order valence-electron chi connectivity index (χ4n) is 7.11. The molecule has 2 unspecified atom stereocenters. The molecular weight excluding hydrogens is 966 g/mol. The number of esters is 2. The Hall–Kier alpha value is -4.37. The summed E-state index contributed by atoms with van der Waals surface area (Å²) in [6.07, 6.45) is 83.3. The largest absolute Gasteiger partial charge is 0.472 e. The molecule has 0 aliphatic rings. The first kappa shape index (κ1) is 71.6. The van der Waals surface area contributed by atoms with Crippen molar-refractivity contribution in [1.29, 1.82) is 0 Å². The van der Waals surface area contributed by atoms with E-state index in [1.54, 1.807) is 0 Å². The molecule has 0 saturated carbocycles. The zero-order valence-corrected chi connectivity index (χ0v) is 49.3. The lowest BCUT2D eigenvalue weighted by Gasteiger charge is -2.24. The average molecular weight is 1070 g/mol. The minimum absolute atomic E-state index is 0.0149. The normalized spacial score (nSPS) is 14.4. The molecule has 0 radical (unpaired) electrons. The van der Waals surface area contributed by atoms with Crippen molar-refractivity contribution in [3.63, 3.8) is 0 Å². The van der Waals surface area contributed by atoms with Gasteiger partial charge < -0.3 is 18.9 Å². The summed E-state index contributed by atoms with van der Waals surface area (Å²) in [5, 5.41) is 0. The molecule has 0 saturated heterocycles. The van der Waals surface area contributed by atoms with E-state index in [0.717, 1.165) is 122 Å². The number of likely N-dealkylation sites (N-methyl/N-ethyl adjacent to an activating group) is 1. The number of hydrogen-bond donors (Lipinski definition) is 1. The van der Waals surface area contributed by atoms with Gasteiger partial charge in [0.25, 0.3) is 0 Å². The second-order valence-electron chi connectivity index (χ2n) is 19.9. The van der Waals surface area contributed by atoms with E-state index in [9.17, 15) is 19.0 Å². The first-order valence-electron chi connectivity index (χ1n) is 29.2. The molecule has 0 rings (SSSR count). The molecule has 76 heavy (non-hydrogen) atoms. The van der Waals surface area contributed by atoms with Gasteiger partial charge in [0.15, 0.2) is 6.10 Å². The number of carbonyl (C=O) groups excluding carboxylic acids is 2. The highest BCUT2D eigenvalue weighted by Crippen LogP contribution is 2.43. The van der Waals surface area contributed by atoms with Gasteiger partial charge in [0, 0.05) is 12.8 Å². The standard InChI is InChI=1S/C66H106NO8P/c1-6-8-10-12-14-16-18-20-22-23-24-25-26-27-28-29-30-31-32-33-34-35-36-37-38-39-40-41-42-43-45-47-49-51-53-55-57-59-66(69)75-64(63-74-76(70,71)73-61-60-67(3,4)5)62-72-65(68)58-56-54-52-50-48-46-44-21-19-17-15-13-11-9-7-2/h8-11,14-17,20-22,24-25,27-28,30-31,33-34,36-37,39-40,44,48,50,64H,6-7,12-13,18-19,23,26,29,32,35,38,41-43,45-47,49,51-63H2,1-5H3/p+1/b10-8-,11-9-,16-14-,17-15-,22-20-,25-24-,28-27-,31-30-,34-33-,37-36-,40-39-,44-21-,50-48-. The minimum atomic E-state index is -4.41. The Morgan fingerprint density at radius 2 is 0.711 bits per heavy atom. The Balaban J connectivity index is 4.18. The molecule has 0 heterocycles. The van der Waals surface area contributed by atoms with Crippen LogP contribution < -0.4 is 0 Å². The maximum atomic E-state index is 12.8. The predicted molar refractivity (Wildman–Crippen MR) is 325 cm³/mol. The van der Waals surface area contributed by atoms with E-state index < -0.39 is 32.5 Å². The van der Waals surface area contributed by atoms with Gasteiger partial charge in [-0.1, -0.05) is 217 Å². The number of carbonyl (C=O) groups is 2. The second-order valence-corrected chi connectivity index (χ2v) is 21.4. The van der Waals surface area contributed by atoms with Gasteiger partial charge in [-0.25, -0.2) is 4.57 Å². The summed E-state index contributed by atoms with van der Waals surface area (Å²) < 4.78 is 34.4. The highest BCUT2D eigenvalue weighted by molar-refractivity contribution is 7.47. The van der Waals surface area contributed by atoms with Crippen molar-refractivity contribution in [3.05, 3.63) is 158 Å². The molecular formula is C66H107NO8P+. The fourth-order valence-corrected chi connectivity index (χ4v) is 7.86. The van der Waals surface area contributed by atoms with Gasteiger partial charge >= 0.3 is 19.8 Å². The van der Waals surface area contributed by atoms with Crippen molar-refractivity contribution in [2.45, 2.75) is 200 Å². The molecule has 1 N–H and O–H groups in total. The van der Waals surface area contributed by atoms with E-state index in [-0.39, 0.29) is 26.1 Å². The van der Waals surface area contributed by atoms with Gasteiger partial charge in [0.05, 0.1) is 27.7 Å². The summed E-state index contributed by atoms with van der Waals surface area (Å²) in [5.41, 5.74) is 0. The molecule has 428 valence electrons. The van der Waals surface area contributed by atoms with Crippen LogP contribution in [-0.2, 0) is 32.7 Å². The molecule has 0 aliphatic heterocycles. The lowest BCUT2D eigenvalue weighted by Crippen LogP contribution is -2.37. The number of unbranched alkanes of at least 4 members (excludes halogenated alkanes) is 11. The van der Waals surface area contributed by atoms with Crippen LogP contribution in [0.4, 0.5) is 0 Å². The molecule has 10 heteroatoms. The lowest BCUT2D eigenvalue weighted by atomic mass is 10.1. The lowest BCUT2D eigenvalue weighted by molar-refractivity contribution is -0.870. The van der Waals surface area contributed by atoms with E-state index in [1.165, 1.54) is 32.1 Å². The van der Waals surface area contributed by atoms with Crippen LogP contribution in [0.3, 0.4) is 0 Å². The second kappa shape index (κ2) is 55.4. The van der Waals surface area contributed by atoms with Crippen molar-refractivity contribution in [2.75, 3.05) is 47.5 Å². The van der Waals surface area contributed by atoms with Crippen LogP contribution in [0.25, 0.3) is 0 Å². The summed E-state index contributed by atoms with van der Waals surface area (Å²) >= 11 is 0. The van der Waals surface area contributed by atoms with Gasteiger partial charge in [-0.3, -0.25) is 18.6 Å². The first-order valence-corrected chi connectivity index (χ1v) is 30.7. The number of phosphoric acid groups is 1. The number of ether oxygens (including phenoxy) is 2. The fraction of sp³-hybridized carbons (Fsp3) is 0.576. The molecule has 0 bridgehead atoms. The Morgan fingerprint density at radius 1 is 0.408 bits per heavy atom. The Labute approximate surface area is 465 Å². The summed E-state index contributed by atoms with van der Waals surface area (Å²) in [6.45, 7) is 4.11. The Bertz CT molecular complexity index is 1840. The van der Waals surface area contributed by atoms with Crippen molar-refractivity contribution >= 4 is 19.8 Å². The molecule has 0 amide bonds. The zero-order valence-electron chi connectivity index (χ0n) is 48.4. The number of hydrogen-bond acceptors (Lipinski definition) is 7. The van der Waals surface area contributed by atoms with Crippen LogP contribution >= 0.6 is 7.82 Å². The molecule has 0 aromatic rings. The first-order chi connectivity index (χ1) is 37.0. The molecule has 0 aromatic carbocycles. The molecule has 0 fully saturated rings. The molecule has 9 nitrogen and oxygen atoms in total. The van der Waals surface area contributed by atoms with E-state index in [0.29, 0.717) is 23.9 Å². The zero-order chi connectivity index (χ0) is 55.6. The maximum Gasteiger partial charge on any atom is 0.472 e. The minimum Gasteiger partial charge on any atom is -0.462 e. The predicted octanol–water partition coefficient (Wildman–Crippen LogP) is 18.5. The number of quaternary nitrogens is 1. The third-order valence-electron chi connectivity index (χ3n) is 11.6. The number of phosphoric ester groups is 1. The highest BCUT2D eigenvalue weighted by atomic mass is 31.2. The Kier molecular flexibility index (Phi) is 52.2. The van der Waals surface area contributed by atoms with Crippen LogP contribution in [0.2, 0.25) is 0 Å². The molecule has 0 aliphatic carbocycles. The number of nitrogens with zero attached hydrogens (tertiary/aromatic N) is 1. The smallest absolute Gasteiger partial charge is 0.462 e. The number of rotatable bonds is 51. The van der Waals surface area contributed by atoms with Gasteiger partial charge in [0.1, 0.15) is 19.8 Å². The third kappa shape index (κ3) is 58.9. The molecule has 2 atom stereocenters. The van der Waals surface area contributed by atoms with Crippen LogP contribution in [0.1, 0.15) is 194 Å². The quantitative estimate of drug-likeness (QED) is 0.0211. The molecule has 0 spiro atoms. The van der Waals surface area contributed by atoms with E-state index >= 15 is 0 Å². The average Bonchev–Trinajstić information content (AvgIpc) is 3.38. The third-order valence-corrected chi connectivity index (χ3v) is 12.5. The summed E-state index contributed by atoms with van der Waals surface area (Å²) in [5.74, 6) is -0.867. The molecule has 0 aromatic heterocycles. The summed E-state index contributed by atoms with van der Waals surface area (Å²) in [6, 6.07) is 0. The SMILES string of the molecule is CC/C=C\C/C=C\C/C=C\C/C=C\C/C=C\C/C=C\C/C=C\C/C=C\C/C=C\CCCCCCCCCCCC(=O)OC(COC(=O)CCCC/C=C\C/C=C\C/C=C\C/C=C\CC)COP(=O)(O)OCC[N+](C)(C)C. The van der Waals surface area contributed by atoms with Crippen molar-refractivity contribution < 1.29 is 42.1 Å². The van der Waals surface area contributed by atoms with Crippen LogP contribution in [-0.4, -0.2) is 74.9 Å². The van der Waals surface area contributed by atoms with Crippen molar-refractivity contribution in [2.24, 2.45) is 0 Å². The van der Waals surface area contributed by atoms with Gasteiger partial charge in [-0.05, 0) is 122 Å². The topological polar surface area (TPSA) is 108 Å². The Morgan fingerprint density at radius 3 is 1.08 bits per heavy atom. The van der Waals surface area contributed by atoms with Gasteiger partial charge in [-0.2, -0.15) is 0 Å². The van der Waals surface area contributed by atoms with E-state index in [2.05, 4.69) is 172 Å². The monoisotopic (exact) mass is 1070 g/mol.